The Morgan fingerprint density at radius 3 is 2.39 bits per heavy atom. The van der Waals surface area contributed by atoms with Crippen molar-refractivity contribution in [3.63, 3.8) is 0 Å². The van der Waals surface area contributed by atoms with Gasteiger partial charge in [-0.15, -0.1) is 0 Å². The van der Waals surface area contributed by atoms with Crippen LogP contribution in [0.3, 0.4) is 0 Å². The molecule has 0 aliphatic heterocycles. The van der Waals surface area contributed by atoms with Crippen LogP contribution in [0, 0.1) is 6.92 Å². The average Bonchev–Trinajstić information content (AvgIpc) is 2.85. The topological polar surface area (TPSA) is 30.2 Å². The van der Waals surface area contributed by atoms with Crippen LogP contribution in [0.1, 0.15) is 19.5 Å². The van der Waals surface area contributed by atoms with E-state index in [0.29, 0.717) is 0 Å². The maximum atomic E-state index is 4.52. The van der Waals surface area contributed by atoms with Gasteiger partial charge < -0.3 is 0 Å². The van der Waals surface area contributed by atoms with E-state index < -0.39 is 0 Å². The van der Waals surface area contributed by atoms with Gasteiger partial charge in [-0.05, 0) is 19.1 Å². The fourth-order valence-corrected chi connectivity index (χ4v) is 1.73. The van der Waals surface area contributed by atoms with Crippen molar-refractivity contribution in [2.75, 3.05) is 0 Å². The molecule has 0 atom stereocenters. The maximum absolute atomic E-state index is 4.52. The van der Waals surface area contributed by atoms with E-state index in [2.05, 4.69) is 22.2 Å². The Morgan fingerprint density at radius 1 is 0.944 bits per heavy atom. The van der Waals surface area contributed by atoms with Crippen LogP contribution in [0.15, 0.2) is 48.7 Å². The van der Waals surface area contributed by atoms with Gasteiger partial charge in [0.05, 0.1) is 17.6 Å². The summed E-state index contributed by atoms with van der Waals surface area (Å²) >= 11 is 0. The molecule has 0 saturated heterocycles. The zero-order valence-corrected chi connectivity index (χ0v) is 11.0. The fourth-order valence-electron chi connectivity index (χ4n) is 1.73. The molecule has 3 nitrogen and oxygen atoms in total. The molecule has 0 bridgehead atoms. The largest absolute Gasteiger partial charge is 0.227 e. The summed E-state index contributed by atoms with van der Waals surface area (Å²) in [6, 6.07) is 14.1. The van der Waals surface area contributed by atoms with Gasteiger partial charge in [0.25, 0.3) is 0 Å². The van der Waals surface area contributed by atoms with Crippen molar-refractivity contribution < 1.29 is 0 Å². The highest BCUT2D eigenvalue weighted by molar-refractivity contribution is 5.61. The molecular weight excluding hydrogens is 222 g/mol. The third-order valence-electron chi connectivity index (χ3n) is 2.52. The molecule has 2 aromatic heterocycles. The lowest BCUT2D eigenvalue weighted by molar-refractivity contribution is 0.901. The van der Waals surface area contributed by atoms with Crippen LogP contribution in [-0.4, -0.2) is 14.6 Å². The van der Waals surface area contributed by atoms with E-state index in [9.17, 15) is 0 Å². The number of hydrogen-bond acceptors (Lipinski definition) is 2. The van der Waals surface area contributed by atoms with Gasteiger partial charge in [0.15, 0.2) is 5.65 Å². The maximum Gasteiger partial charge on any atom is 0.154 e. The highest BCUT2D eigenvalue weighted by Gasteiger charge is 2.03. The Bertz CT molecular complexity index is 627. The second kappa shape index (κ2) is 5.45. The Labute approximate surface area is 107 Å². The molecule has 3 heteroatoms. The first-order chi connectivity index (χ1) is 8.83. The standard InChI is InChI=1S/C13H11N3.C2H6/c1-10-7-8-13-14-12(9-16(13)15-10)11-5-3-2-4-6-11;1-2/h2-9H,1H3;1-2H3. The summed E-state index contributed by atoms with van der Waals surface area (Å²) in [6.45, 7) is 5.97. The van der Waals surface area contributed by atoms with Crippen LogP contribution in [-0.2, 0) is 0 Å². The molecule has 2 heterocycles. The van der Waals surface area contributed by atoms with Crippen molar-refractivity contribution in [3.8, 4) is 11.3 Å². The van der Waals surface area contributed by atoms with Crippen LogP contribution in [0.25, 0.3) is 16.9 Å². The van der Waals surface area contributed by atoms with E-state index in [0.717, 1.165) is 22.6 Å². The summed E-state index contributed by atoms with van der Waals surface area (Å²) in [7, 11) is 0. The highest BCUT2D eigenvalue weighted by atomic mass is 15.2. The number of hydrogen-bond donors (Lipinski definition) is 0. The minimum absolute atomic E-state index is 0.879. The summed E-state index contributed by atoms with van der Waals surface area (Å²) in [5.41, 5.74) is 3.94. The molecule has 0 amide bonds. The minimum atomic E-state index is 0.879. The molecular formula is C15H17N3. The summed E-state index contributed by atoms with van der Waals surface area (Å²) in [5.74, 6) is 0. The first-order valence-electron chi connectivity index (χ1n) is 6.21. The molecule has 3 aromatic rings. The Kier molecular flexibility index (Phi) is 3.72. The lowest BCUT2D eigenvalue weighted by Gasteiger charge is -1.92. The molecule has 0 N–H and O–H groups in total. The van der Waals surface area contributed by atoms with E-state index in [1.807, 2.05) is 61.8 Å². The smallest absolute Gasteiger partial charge is 0.154 e. The van der Waals surface area contributed by atoms with Crippen molar-refractivity contribution >= 4 is 5.65 Å². The van der Waals surface area contributed by atoms with Crippen molar-refractivity contribution in [1.82, 2.24) is 14.6 Å². The molecule has 0 aliphatic rings. The van der Waals surface area contributed by atoms with Crippen molar-refractivity contribution in [2.45, 2.75) is 20.8 Å². The first kappa shape index (κ1) is 12.3. The molecule has 3 rings (SSSR count). The number of fused-ring (bicyclic) bond motifs is 1. The lowest BCUT2D eigenvalue weighted by Crippen LogP contribution is -1.91. The Morgan fingerprint density at radius 2 is 1.67 bits per heavy atom. The lowest BCUT2D eigenvalue weighted by atomic mass is 10.2. The number of aryl methyl sites for hydroxylation is 1. The summed E-state index contributed by atoms with van der Waals surface area (Å²) < 4.78 is 1.82. The molecule has 92 valence electrons. The van der Waals surface area contributed by atoms with E-state index in [-0.39, 0.29) is 0 Å². The number of imidazole rings is 1. The molecule has 0 radical (unpaired) electrons. The normalized spacial score (nSPS) is 9.94. The predicted molar refractivity (Wildman–Crippen MR) is 74.5 cm³/mol. The van der Waals surface area contributed by atoms with Gasteiger partial charge in [-0.1, -0.05) is 44.2 Å². The Hall–Kier alpha value is -2.16. The SMILES string of the molecule is CC.Cc1ccc2nc(-c3ccccc3)cn2n1. The molecule has 18 heavy (non-hydrogen) atoms. The Balaban J connectivity index is 0.000000574. The van der Waals surface area contributed by atoms with Crippen LogP contribution < -0.4 is 0 Å². The van der Waals surface area contributed by atoms with E-state index >= 15 is 0 Å². The van der Waals surface area contributed by atoms with Crippen LogP contribution in [0.5, 0.6) is 0 Å². The third kappa shape index (κ3) is 2.40. The van der Waals surface area contributed by atoms with Gasteiger partial charge in [0.2, 0.25) is 0 Å². The monoisotopic (exact) mass is 239 g/mol. The molecule has 0 spiro atoms. The van der Waals surface area contributed by atoms with Crippen molar-refractivity contribution in [2.24, 2.45) is 0 Å². The van der Waals surface area contributed by atoms with Crippen LogP contribution in [0.2, 0.25) is 0 Å². The average molecular weight is 239 g/mol. The summed E-state index contributed by atoms with van der Waals surface area (Å²) in [4.78, 5) is 4.52. The molecule has 0 unspecified atom stereocenters. The summed E-state index contributed by atoms with van der Waals surface area (Å²) in [5, 5.41) is 4.38. The van der Waals surface area contributed by atoms with Gasteiger partial charge in [0, 0.05) is 5.56 Å². The van der Waals surface area contributed by atoms with E-state index in [1.165, 1.54) is 0 Å². The highest BCUT2D eigenvalue weighted by Crippen LogP contribution is 2.17. The molecule has 1 aromatic carbocycles. The molecule has 0 fully saturated rings. The van der Waals surface area contributed by atoms with Gasteiger partial charge in [-0.2, -0.15) is 5.10 Å². The van der Waals surface area contributed by atoms with E-state index in [4.69, 9.17) is 0 Å². The van der Waals surface area contributed by atoms with Crippen molar-refractivity contribution in [1.29, 1.82) is 0 Å². The third-order valence-corrected chi connectivity index (χ3v) is 2.52. The number of nitrogens with zero attached hydrogens (tertiary/aromatic N) is 3. The number of rotatable bonds is 1. The second-order valence-corrected chi connectivity index (χ2v) is 3.77. The van der Waals surface area contributed by atoms with E-state index in [1.54, 1.807) is 0 Å². The second-order valence-electron chi connectivity index (χ2n) is 3.77. The van der Waals surface area contributed by atoms with Crippen LogP contribution >= 0.6 is 0 Å². The minimum Gasteiger partial charge on any atom is -0.227 e. The van der Waals surface area contributed by atoms with Crippen LogP contribution in [0.4, 0.5) is 0 Å². The summed E-state index contributed by atoms with van der Waals surface area (Å²) in [6.07, 6.45) is 1.96. The van der Waals surface area contributed by atoms with Gasteiger partial charge in [-0.3, -0.25) is 0 Å². The number of benzene rings is 1. The number of aromatic nitrogens is 3. The molecule has 0 saturated carbocycles. The zero-order chi connectivity index (χ0) is 13.0. The zero-order valence-electron chi connectivity index (χ0n) is 11.0. The molecule has 0 aliphatic carbocycles. The fraction of sp³-hybridized carbons (Fsp3) is 0.200. The predicted octanol–water partition coefficient (Wildman–Crippen LogP) is 3.73. The van der Waals surface area contributed by atoms with Gasteiger partial charge in [0.1, 0.15) is 0 Å². The first-order valence-corrected chi connectivity index (χ1v) is 6.21. The quantitative estimate of drug-likeness (QED) is 0.647. The van der Waals surface area contributed by atoms with Gasteiger partial charge in [-0.25, -0.2) is 9.50 Å². The van der Waals surface area contributed by atoms with Crippen molar-refractivity contribution in [3.05, 3.63) is 54.4 Å². The van der Waals surface area contributed by atoms with Gasteiger partial charge >= 0.3 is 0 Å².